The van der Waals surface area contributed by atoms with Crippen LogP contribution in [-0.2, 0) is 20.6 Å². The summed E-state index contributed by atoms with van der Waals surface area (Å²) in [5.74, 6) is -2.63. The van der Waals surface area contributed by atoms with Crippen molar-refractivity contribution >= 4 is 0 Å². The number of hydrogen-bond acceptors (Lipinski definition) is 3. The molecule has 1 aromatic rings. The first-order chi connectivity index (χ1) is 14.0. The molecule has 0 heterocycles. The van der Waals surface area contributed by atoms with Crippen molar-refractivity contribution in [3.8, 4) is 0 Å². The van der Waals surface area contributed by atoms with Crippen LogP contribution < -0.4 is 0 Å². The highest BCUT2D eigenvalue weighted by molar-refractivity contribution is 5.21. The fourth-order valence-corrected chi connectivity index (χ4v) is 3.28. The van der Waals surface area contributed by atoms with Crippen LogP contribution in [-0.4, -0.2) is 25.8 Å². The minimum absolute atomic E-state index is 0.107. The first-order valence-electron chi connectivity index (χ1n) is 11.0. The lowest BCUT2D eigenvalue weighted by Crippen LogP contribution is -2.28. The van der Waals surface area contributed by atoms with E-state index < -0.39 is 23.9 Å². The fourth-order valence-electron chi connectivity index (χ4n) is 3.28. The molecule has 0 saturated heterocycles. The van der Waals surface area contributed by atoms with Gasteiger partial charge >= 0.3 is 0 Å². The van der Waals surface area contributed by atoms with E-state index in [9.17, 15) is 13.2 Å². The maximum Gasteiger partial charge on any atom is 0.271 e. The molecule has 0 amide bonds. The Morgan fingerprint density at radius 1 is 0.759 bits per heavy atom. The van der Waals surface area contributed by atoms with Gasteiger partial charge in [0.25, 0.3) is 6.48 Å². The highest BCUT2D eigenvalue weighted by Gasteiger charge is 2.19. The molecule has 0 saturated carbocycles. The molecule has 1 aromatic carbocycles. The van der Waals surface area contributed by atoms with Crippen LogP contribution in [0.15, 0.2) is 12.1 Å². The largest absolute Gasteiger partial charge is 0.330 e. The van der Waals surface area contributed by atoms with Gasteiger partial charge in [0.2, 0.25) is 0 Å². The van der Waals surface area contributed by atoms with E-state index in [0.29, 0.717) is 31.8 Å². The van der Waals surface area contributed by atoms with E-state index in [4.69, 9.17) is 14.2 Å². The van der Waals surface area contributed by atoms with Crippen LogP contribution in [0.2, 0.25) is 0 Å². The van der Waals surface area contributed by atoms with Crippen molar-refractivity contribution in [1.29, 1.82) is 0 Å². The van der Waals surface area contributed by atoms with Crippen LogP contribution in [0.1, 0.15) is 84.1 Å². The van der Waals surface area contributed by atoms with Crippen molar-refractivity contribution in [2.45, 2.75) is 97.6 Å². The first kappa shape index (κ1) is 25.9. The summed E-state index contributed by atoms with van der Waals surface area (Å²) in [4.78, 5) is 0. The second-order valence-corrected chi connectivity index (χ2v) is 7.25. The molecule has 1 unspecified atom stereocenters. The molecule has 168 valence electrons. The Kier molecular flexibility index (Phi) is 14.0. The molecular formula is C23H37F3O3. The third-order valence-electron chi connectivity index (χ3n) is 4.86. The molecule has 0 radical (unpaired) electrons. The van der Waals surface area contributed by atoms with Gasteiger partial charge in [0.1, 0.15) is 17.5 Å². The Bertz CT molecular complexity index is 525. The summed E-state index contributed by atoms with van der Waals surface area (Å²) in [5, 5.41) is 0. The summed E-state index contributed by atoms with van der Waals surface area (Å²) in [6.07, 6.45) is 9.26. The summed E-state index contributed by atoms with van der Waals surface area (Å²) in [7, 11) is 0. The van der Waals surface area contributed by atoms with E-state index in [1.54, 1.807) is 0 Å². The first-order valence-corrected chi connectivity index (χ1v) is 11.0. The summed E-state index contributed by atoms with van der Waals surface area (Å²) in [6.45, 7) is 5.99. The predicted octanol–water partition coefficient (Wildman–Crippen LogP) is 6.92. The number of hydrogen-bond donors (Lipinski definition) is 0. The zero-order valence-corrected chi connectivity index (χ0v) is 18.2. The molecule has 3 nitrogen and oxygen atoms in total. The van der Waals surface area contributed by atoms with E-state index in [0.717, 1.165) is 19.3 Å². The van der Waals surface area contributed by atoms with Crippen LogP contribution in [0.4, 0.5) is 13.2 Å². The zero-order valence-electron chi connectivity index (χ0n) is 18.2. The van der Waals surface area contributed by atoms with E-state index in [1.807, 2.05) is 13.8 Å². The lowest BCUT2D eigenvalue weighted by Gasteiger charge is -2.24. The Balaban J connectivity index is 2.61. The minimum Gasteiger partial charge on any atom is -0.330 e. The summed E-state index contributed by atoms with van der Waals surface area (Å²) >= 11 is 0. The SMILES string of the molecule is CCCCCCCCCC(CCc1c(F)cc(F)cc1F)OC(OCC)OCC. The summed E-state index contributed by atoms with van der Waals surface area (Å²) in [6, 6.07) is 1.43. The van der Waals surface area contributed by atoms with Crippen LogP contribution in [0.3, 0.4) is 0 Å². The van der Waals surface area contributed by atoms with Crippen molar-refractivity contribution in [3.05, 3.63) is 35.1 Å². The van der Waals surface area contributed by atoms with Crippen LogP contribution in [0.25, 0.3) is 0 Å². The summed E-state index contributed by atoms with van der Waals surface area (Å²) in [5.41, 5.74) is -0.107. The molecule has 0 aliphatic heterocycles. The zero-order chi connectivity index (χ0) is 21.5. The van der Waals surface area contributed by atoms with Gasteiger partial charge in [-0.15, -0.1) is 0 Å². The Hall–Kier alpha value is -1.11. The smallest absolute Gasteiger partial charge is 0.271 e. The van der Waals surface area contributed by atoms with Gasteiger partial charge in [0, 0.05) is 30.9 Å². The molecule has 0 N–H and O–H groups in total. The van der Waals surface area contributed by atoms with Gasteiger partial charge in [0.15, 0.2) is 0 Å². The number of ether oxygens (including phenoxy) is 3. The molecule has 0 aliphatic rings. The molecule has 0 spiro atoms. The Morgan fingerprint density at radius 3 is 1.86 bits per heavy atom. The van der Waals surface area contributed by atoms with Crippen molar-refractivity contribution in [2.24, 2.45) is 0 Å². The van der Waals surface area contributed by atoms with Crippen LogP contribution >= 0.6 is 0 Å². The van der Waals surface area contributed by atoms with Gasteiger partial charge in [-0.05, 0) is 33.1 Å². The molecule has 29 heavy (non-hydrogen) atoms. The highest BCUT2D eigenvalue weighted by Crippen LogP contribution is 2.21. The second-order valence-electron chi connectivity index (χ2n) is 7.25. The lowest BCUT2D eigenvalue weighted by atomic mass is 10.0. The third kappa shape index (κ3) is 11.0. The number of rotatable bonds is 17. The maximum atomic E-state index is 13.9. The van der Waals surface area contributed by atoms with Crippen molar-refractivity contribution < 1.29 is 27.4 Å². The van der Waals surface area contributed by atoms with E-state index in [-0.39, 0.29) is 18.1 Å². The van der Waals surface area contributed by atoms with E-state index in [2.05, 4.69) is 6.92 Å². The Morgan fingerprint density at radius 2 is 1.31 bits per heavy atom. The van der Waals surface area contributed by atoms with Gasteiger partial charge in [-0.1, -0.05) is 51.9 Å². The molecule has 1 rings (SSSR count). The average Bonchev–Trinajstić information content (AvgIpc) is 2.66. The topological polar surface area (TPSA) is 27.7 Å². The molecule has 1 atom stereocenters. The van der Waals surface area contributed by atoms with Gasteiger partial charge < -0.3 is 14.2 Å². The maximum absolute atomic E-state index is 13.9. The Labute approximate surface area is 173 Å². The van der Waals surface area contributed by atoms with Crippen molar-refractivity contribution in [2.75, 3.05) is 13.2 Å². The molecular weight excluding hydrogens is 381 g/mol. The minimum atomic E-state index is -0.910. The van der Waals surface area contributed by atoms with Gasteiger partial charge in [-0.3, -0.25) is 0 Å². The summed E-state index contributed by atoms with van der Waals surface area (Å²) < 4.78 is 57.9. The third-order valence-corrected chi connectivity index (χ3v) is 4.86. The average molecular weight is 419 g/mol. The normalized spacial score (nSPS) is 12.7. The highest BCUT2D eigenvalue weighted by atomic mass is 19.1. The molecule has 0 fully saturated rings. The van der Waals surface area contributed by atoms with Crippen LogP contribution in [0.5, 0.6) is 0 Å². The second kappa shape index (κ2) is 15.7. The molecule has 0 aromatic heterocycles. The molecule has 0 bridgehead atoms. The van der Waals surface area contributed by atoms with Crippen LogP contribution in [0, 0.1) is 17.5 Å². The number of benzene rings is 1. The monoisotopic (exact) mass is 418 g/mol. The number of unbranched alkanes of at least 4 members (excludes halogenated alkanes) is 6. The quantitative estimate of drug-likeness (QED) is 0.203. The van der Waals surface area contributed by atoms with Gasteiger partial charge in [0.05, 0.1) is 6.10 Å². The van der Waals surface area contributed by atoms with E-state index in [1.165, 1.54) is 32.1 Å². The van der Waals surface area contributed by atoms with Crippen molar-refractivity contribution in [1.82, 2.24) is 0 Å². The predicted molar refractivity (Wildman–Crippen MR) is 109 cm³/mol. The fraction of sp³-hybridized carbons (Fsp3) is 0.739. The van der Waals surface area contributed by atoms with E-state index >= 15 is 0 Å². The standard InChI is InChI=1S/C23H37F3O3/c1-4-7-8-9-10-11-12-13-19(29-23(27-5-2)28-6-3)14-15-20-21(25)16-18(24)17-22(20)26/h16-17,19,23H,4-15H2,1-3H3. The lowest BCUT2D eigenvalue weighted by molar-refractivity contribution is -0.302. The van der Waals surface area contributed by atoms with Crippen molar-refractivity contribution in [3.63, 3.8) is 0 Å². The van der Waals surface area contributed by atoms with Gasteiger partial charge in [-0.2, -0.15) is 0 Å². The van der Waals surface area contributed by atoms with Gasteiger partial charge in [-0.25, -0.2) is 13.2 Å². The molecule has 0 aliphatic carbocycles. The number of halogens is 3. The molecule has 6 heteroatoms.